The first kappa shape index (κ1) is 38.2. The Morgan fingerprint density at radius 2 is 1.68 bits per heavy atom. The monoisotopic (exact) mass is 590 g/mol. The fraction of sp³-hybridized carbons (Fsp3) is 0.968. The Bertz CT molecular complexity index is 781. The minimum absolute atomic E-state index is 0.0681. The van der Waals surface area contributed by atoms with E-state index >= 15 is 0 Å². The highest BCUT2D eigenvalue weighted by Crippen LogP contribution is 2.33. The predicted octanol–water partition coefficient (Wildman–Crippen LogP) is 2.94. The second kappa shape index (κ2) is 16.3. The Morgan fingerprint density at radius 1 is 1.10 bits per heavy atom. The van der Waals surface area contributed by atoms with Gasteiger partial charge >= 0.3 is 5.97 Å². The lowest BCUT2D eigenvalue weighted by molar-refractivity contribution is -0.262. The van der Waals surface area contributed by atoms with Crippen molar-refractivity contribution in [2.45, 2.75) is 148 Å². The number of rotatable bonds is 18. The molecule has 244 valence electrons. The van der Waals surface area contributed by atoms with Gasteiger partial charge in [-0.25, -0.2) is 0 Å². The van der Waals surface area contributed by atoms with Crippen molar-refractivity contribution in [3.63, 3.8) is 0 Å². The highest BCUT2D eigenvalue weighted by Gasteiger charge is 2.42. The number of aliphatic hydroxyl groups is 4. The van der Waals surface area contributed by atoms with Gasteiger partial charge in [0, 0.05) is 25.0 Å². The lowest BCUT2D eigenvalue weighted by Crippen LogP contribution is -2.55. The molecule has 0 aliphatic carbocycles. The van der Waals surface area contributed by atoms with Crippen LogP contribution in [0.4, 0.5) is 0 Å². The molecule has 1 rings (SSSR count). The average Bonchev–Trinajstić information content (AvgIpc) is 2.86. The van der Waals surface area contributed by atoms with Crippen LogP contribution in [0.1, 0.15) is 94.4 Å². The highest BCUT2D eigenvalue weighted by atomic mass is 16.7. The van der Waals surface area contributed by atoms with Crippen LogP contribution in [0.15, 0.2) is 0 Å². The number of nitrogens with zero attached hydrogens (tertiary/aromatic N) is 2. The average molecular weight is 591 g/mol. The van der Waals surface area contributed by atoms with Gasteiger partial charge in [-0.05, 0) is 86.4 Å². The third-order valence-corrected chi connectivity index (χ3v) is 9.19. The quantitative estimate of drug-likeness (QED) is 0.162. The first-order valence-electron chi connectivity index (χ1n) is 15.5. The summed E-state index contributed by atoms with van der Waals surface area (Å²) in [7, 11) is 3.85. The van der Waals surface area contributed by atoms with E-state index in [0.29, 0.717) is 32.2 Å². The molecule has 0 aromatic heterocycles. The van der Waals surface area contributed by atoms with Crippen molar-refractivity contribution in [1.29, 1.82) is 0 Å². The van der Waals surface area contributed by atoms with Crippen molar-refractivity contribution in [1.82, 2.24) is 9.80 Å². The fourth-order valence-corrected chi connectivity index (χ4v) is 6.63. The molecule has 5 N–H and O–H groups in total. The summed E-state index contributed by atoms with van der Waals surface area (Å²) in [6.45, 7) is 18.0. The van der Waals surface area contributed by atoms with Crippen molar-refractivity contribution in [3.8, 4) is 0 Å². The summed E-state index contributed by atoms with van der Waals surface area (Å²) in [5.41, 5.74) is -2.26. The number of likely N-dealkylation sites (N-methyl/N-ethyl adjacent to an activating group) is 2. The molecule has 0 spiro atoms. The van der Waals surface area contributed by atoms with Crippen molar-refractivity contribution in [3.05, 3.63) is 0 Å². The lowest BCUT2D eigenvalue weighted by atomic mass is 9.80. The van der Waals surface area contributed by atoms with Crippen molar-refractivity contribution >= 4 is 5.97 Å². The Morgan fingerprint density at radius 3 is 2.20 bits per heavy atom. The Kier molecular flexibility index (Phi) is 15.2. The molecule has 0 saturated carbocycles. The number of hydrogen-bond acceptors (Lipinski definition) is 9. The van der Waals surface area contributed by atoms with Gasteiger partial charge in [0.25, 0.3) is 0 Å². The minimum atomic E-state index is -1.17. The summed E-state index contributed by atoms with van der Waals surface area (Å²) < 4.78 is 12.3. The second-order valence-electron chi connectivity index (χ2n) is 13.6. The van der Waals surface area contributed by atoms with Crippen LogP contribution in [-0.2, 0) is 14.3 Å². The van der Waals surface area contributed by atoms with E-state index in [1.165, 1.54) is 0 Å². The number of carbonyl (C=O) groups is 1. The minimum Gasteiger partial charge on any atom is -0.481 e. The number of aliphatic hydroxyl groups excluding tert-OH is 2. The van der Waals surface area contributed by atoms with E-state index in [1.54, 1.807) is 27.7 Å². The van der Waals surface area contributed by atoms with Gasteiger partial charge in [0.2, 0.25) is 0 Å². The number of hydrogen-bond donors (Lipinski definition) is 5. The van der Waals surface area contributed by atoms with E-state index < -0.39 is 53.8 Å². The lowest BCUT2D eigenvalue weighted by Gasteiger charge is -2.44. The summed E-state index contributed by atoms with van der Waals surface area (Å²) in [6.07, 6.45) is -0.914. The third-order valence-electron chi connectivity index (χ3n) is 9.19. The largest absolute Gasteiger partial charge is 0.481 e. The molecule has 1 saturated heterocycles. The van der Waals surface area contributed by atoms with Gasteiger partial charge in [-0.15, -0.1) is 0 Å². The molecule has 12 atom stereocenters. The first-order chi connectivity index (χ1) is 18.8. The molecule has 0 radical (unpaired) electrons. The van der Waals surface area contributed by atoms with Crippen LogP contribution in [0.2, 0.25) is 0 Å². The van der Waals surface area contributed by atoms with E-state index in [-0.39, 0.29) is 23.9 Å². The number of ether oxygens (including phenoxy) is 2. The molecule has 1 aliphatic rings. The zero-order valence-electron chi connectivity index (χ0n) is 27.6. The van der Waals surface area contributed by atoms with Crippen LogP contribution < -0.4 is 0 Å². The summed E-state index contributed by atoms with van der Waals surface area (Å²) in [4.78, 5) is 16.1. The summed E-state index contributed by atoms with van der Waals surface area (Å²) >= 11 is 0. The molecule has 1 aliphatic heterocycles. The molecule has 1 fully saturated rings. The van der Waals surface area contributed by atoms with Crippen LogP contribution in [-0.4, -0.2) is 122 Å². The highest BCUT2D eigenvalue weighted by molar-refractivity contribution is 5.70. The van der Waals surface area contributed by atoms with Gasteiger partial charge in [0.05, 0.1) is 41.5 Å². The molecule has 10 nitrogen and oxygen atoms in total. The van der Waals surface area contributed by atoms with Crippen LogP contribution in [0, 0.1) is 17.8 Å². The van der Waals surface area contributed by atoms with Crippen molar-refractivity contribution < 1.29 is 39.8 Å². The SMILES string of the molecule is CCCC(C)(O)[C@H](O)[C@@H](C)N(C)C[C@H](C)CC(C)(O)C[C@@H](C)C(O[C@H]1CC(N(C)CC)[C@H](O)C(C)O1)[C@@H](C)C(=O)O. The topological polar surface area (TPSA) is 143 Å². The number of carboxylic acid groups (broad SMARTS) is 1. The van der Waals surface area contributed by atoms with E-state index in [0.717, 1.165) is 13.0 Å². The molecule has 0 bridgehead atoms. The van der Waals surface area contributed by atoms with E-state index in [1.807, 2.05) is 58.5 Å². The molecular weight excluding hydrogens is 528 g/mol. The van der Waals surface area contributed by atoms with Crippen molar-refractivity contribution in [2.24, 2.45) is 17.8 Å². The smallest absolute Gasteiger partial charge is 0.308 e. The van der Waals surface area contributed by atoms with Crippen LogP contribution in [0.5, 0.6) is 0 Å². The van der Waals surface area contributed by atoms with Gasteiger partial charge in [-0.2, -0.15) is 0 Å². The first-order valence-corrected chi connectivity index (χ1v) is 15.5. The van der Waals surface area contributed by atoms with Crippen molar-refractivity contribution in [2.75, 3.05) is 27.2 Å². The van der Waals surface area contributed by atoms with Gasteiger partial charge in [0.1, 0.15) is 0 Å². The third kappa shape index (κ3) is 11.3. The Hall–Kier alpha value is -0.850. The summed E-state index contributed by atoms with van der Waals surface area (Å²) in [6, 6.07) is -0.443. The molecule has 0 amide bonds. The predicted molar refractivity (Wildman–Crippen MR) is 161 cm³/mol. The number of aliphatic carboxylic acids is 1. The maximum absolute atomic E-state index is 12.0. The van der Waals surface area contributed by atoms with E-state index in [9.17, 15) is 30.3 Å². The molecule has 10 heteroatoms. The second-order valence-corrected chi connectivity index (χ2v) is 13.6. The standard InChI is InChI=1S/C31H62N2O8/c1-12-14-31(9,39)28(35)22(6)33(11)18-19(3)16-30(8,38)17-20(4)27(21(5)29(36)37)41-25-15-24(32(10)13-2)26(34)23(7)40-25/h19-28,34-35,38-39H,12-18H2,1-11H3,(H,36,37)/t19-,20-,21-,22-,23?,24?,25+,26-,27?,28-,30?,31?/m1/s1. The molecule has 0 aromatic rings. The van der Waals surface area contributed by atoms with Crippen LogP contribution in [0.25, 0.3) is 0 Å². The maximum atomic E-state index is 12.0. The summed E-state index contributed by atoms with van der Waals surface area (Å²) in [5, 5.41) is 53.4. The van der Waals surface area contributed by atoms with Crippen LogP contribution in [0.3, 0.4) is 0 Å². The normalized spacial score (nSPS) is 29.3. The van der Waals surface area contributed by atoms with Gasteiger partial charge in [-0.1, -0.05) is 34.1 Å². The molecule has 0 aromatic carbocycles. The molecular formula is C31H62N2O8. The Balaban J connectivity index is 2.91. The van der Waals surface area contributed by atoms with Gasteiger partial charge in [0.15, 0.2) is 6.29 Å². The maximum Gasteiger partial charge on any atom is 0.308 e. The fourth-order valence-electron chi connectivity index (χ4n) is 6.63. The summed E-state index contributed by atoms with van der Waals surface area (Å²) in [5.74, 6) is -2.03. The molecule has 41 heavy (non-hydrogen) atoms. The van der Waals surface area contributed by atoms with Gasteiger partial charge < -0.3 is 44.8 Å². The van der Waals surface area contributed by atoms with Gasteiger partial charge in [-0.3, -0.25) is 4.79 Å². The number of carboxylic acids is 1. The molecule has 5 unspecified atom stereocenters. The zero-order valence-corrected chi connectivity index (χ0v) is 27.6. The Labute approximate surface area is 249 Å². The van der Waals surface area contributed by atoms with E-state index in [4.69, 9.17) is 9.47 Å². The molecule has 1 heterocycles. The zero-order chi connectivity index (χ0) is 31.9. The van der Waals surface area contributed by atoms with E-state index in [2.05, 4.69) is 0 Å². The van der Waals surface area contributed by atoms with Crippen LogP contribution >= 0.6 is 0 Å².